The first-order chi connectivity index (χ1) is 16.7. The molecular formula is C32H31SiTi. The molecule has 0 saturated heterocycles. The first kappa shape index (κ1) is 21.8. The Morgan fingerprint density at radius 2 is 0.882 bits per heavy atom. The van der Waals surface area contributed by atoms with E-state index in [1.54, 1.807) is 7.74 Å². The van der Waals surface area contributed by atoms with Crippen LogP contribution >= 0.6 is 0 Å². The first-order valence-electron chi connectivity index (χ1n) is 12.5. The van der Waals surface area contributed by atoms with Gasteiger partial charge in [-0.1, -0.05) is 0 Å². The molecule has 0 aliphatic heterocycles. The second kappa shape index (κ2) is 8.20. The van der Waals surface area contributed by atoms with Crippen molar-refractivity contribution in [2.45, 2.75) is 21.5 Å². The maximum atomic E-state index is 2.65. The SMILES string of the molecule is C[SiH](C)[Ti]([c]1ccccc1)([c]1ccccc1)([CH]1C=Cc2ccccc21)[CH]1C=Cc2ccccc21. The van der Waals surface area contributed by atoms with Gasteiger partial charge in [0, 0.05) is 0 Å². The molecule has 0 bridgehead atoms. The normalized spacial score (nSPS) is 19.6. The van der Waals surface area contributed by atoms with E-state index >= 15 is 0 Å². The topological polar surface area (TPSA) is 0 Å². The third kappa shape index (κ3) is 2.69. The van der Waals surface area contributed by atoms with E-state index < -0.39 is 21.2 Å². The predicted molar refractivity (Wildman–Crippen MR) is 147 cm³/mol. The van der Waals surface area contributed by atoms with Crippen LogP contribution in [0.25, 0.3) is 12.2 Å². The molecule has 0 heterocycles. The first-order valence-corrected chi connectivity index (χ1v) is 21.4. The van der Waals surface area contributed by atoms with E-state index in [4.69, 9.17) is 0 Å². The Kier molecular flexibility index (Phi) is 5.26. The van der Waals surface area contributed by atoms with Crippen LogP contribution in [0.5, 0.6) is 0 Å². The van der Waals surface area contributed by atoms with Crippen molar-refractivity contribution in [1.82, 2.24) is 0 Å². The Labute approximate surface area is 205 Å². The van der Waals surface area contributed by atoms with Gasteiger partial charge in [0.05, 0.1) is 0 Å². The molecule has 4 aromatic carbocycles. The number of allylic oxidation sites excluding steroid dienone is 2. The summed E-state index contributed by atoms with van der Waals surface area (Å²) in [6, 6.07) is 41.8. The molecular weight excluding hydrogens is 460 g/mol. The zero-order chi connectivity index (χ0) is 23.2. The van der Waals surface area contributed by atoms with E-state index in [-0.39, 0.29) is 0 Å². The molecule has 6 rings (SSSR count). The van der Waals surface area contributed by atoms with E-state index in [1.165, 1.54) is 22.3 Å². The minimum atomic E-state index is -3.93. The summed E-state index contributed by atoms with van der Waals surface area (Å²) < 4.78 is 4.13. The second-order valence-electron chi connectivity index (χ2n) is 10.3. The van der Waals surface area contributed by atoms with Crippen molar-refractivity contribution in [3.05, 3.63) is 144 Å². The average molecular weight is 492 g/mol. The summed E-state index contributed by atoms with van der Waals surface area (Å²) in [5.41, 5.74) is 5.87. The summed E-state index contributed by atoms with van der Waals surface area (Å²) in [4.78, 5) is 0. The Morgan fingerprint density at radius 1 is 0.500 bits per heavy atom. The fourth-order valence-corrected chi connectivity index (χ4v) is 38.2. The molecule has 2 heteroatoms. The van der Waals surface area contributed by atoms with Crippen LogP contribution in [0.2, 0.25) is 13.1 Å². The van der Waals surface area contributed by atoms with Crippen molar-refractivity contribution in [1.29, 1.82) is 0 Å². The van der Waals surface area contributed by atoms with Crippen molar-refractivity contribution < 1.29 is 14.6 Å². The number of rotatable bonds is 5. The molecule has 0 saturated carbocycles. The van der Waals surface area contributed by atoms with Crippen LogP contribution in [0.3, 0.4) is 0 Å². The van der Waals surface area contributed by atoms with Gasteiger partial charge in [0.15, 0.2) is 0 Å². The summed E-state index contributed by atoms with van der Waals surface area (Å²) in [5, 5.41) is 0. The van der Waals surface area contributed by atoms with Crippen LogP contribution in [0.1, 0.15) is 30.7 Å². The molecule has 0 fully saturated rings. The molecule has 2 atom stereocenters. The molecule has 2 aliphatic rings. The number of hydrogen-bond acceptors (Lipinski definition) is 0. The molecule has 0 N–H and O–H groups in total. The zero-order valence-electron chi connectivity index (χ0n) is 19.9. The Bertz CT molecular complexity index is 1300. The minimum absolute atomic E-state index is 0.436. The van der Waals surface area contributed by atoms with Crippen molar-refractivity contribution >= 4 is 26.6 Å². The van der Waals surface area contributed by atoms with Crippen LogP contribution in [-0.4, -0.2) is 6.66 Å². The number of hydrogen-bond donors (Lipinski definition) is 0. The third-order valence-electron chi connectivity index (χ3n) is 9.02. The van der Waals surface area contributed by atoms with Gasteiger partial charge in [-0.05, 0) is 0 Å². The Morgan fingerprint density at radius 3 is 1.29 bits per heavy atom. The van der Waals surface area contributed by atoms with Crippen molar-refractivity contribution in [2.75, 3.05) is 0 Å². The third-order valence-corrected chi connectivity index (χ3v) is 39.7. The molecule has 0 spiro atoms. The molecule has 34 heavy (non-hydrogen) atoms. The van der Waals surface area contributed by atoms with Gasteiger partial charge >= 0.3 is 206 Å². The van der Waals surface area contributed by atoms with Gasteiger partial charge in [-0.25, -0.2) is 0 Å². The van der Waals surface area contributed by atoms with Gasteiger partial charge in [-0.2, -0.15) is 0 Å². The van der Waals surface area contributed by atoms with Gasteiger partial charge < -0.3 is 0 Å². The standard InChI is InChI=1S/2C9H7.2C6H5.C2H7Si.Ti/c2*1-2-5-9-7-3-6-8(9)4-1;2*1-2-4-6-5-3-1;1-3-2;/h2*1-7H;2*1-5H;3H,1-2H3;. The van der Waals surface area contributed by atoms with E-state index in [2.05, 4.69) is 147 Å². The van der Waals surface area contributed by atoms with E-state index in [9.17, 15) is 0 Å². The fourth-order valence-electron chi connectivity index (χ4n) is 7.67. The van der Waals surface area contributed by atoms with Gasteiger partial charge in [0.1, 0.15) is 0 Å². The van der Waals surface area contributed by atoms with Crippen molar-refractivity contribution in [3.63, 3.8) is 0 Å². The quantitative estimate of drug-likeness (QED) is 0.268. The zero-order valence-corrected chi connectivity index (χ0v) is 22.7. The Hall–Kier alpha value is -2.71. The monoisotopic (exact) mass is 491 g/mol. The van der Waals surface area contributed by atoms with Crippen LogP contribution in [0.15, 0.2) is 121 Å². The van der Waals surface area contributed by atoms with Crippen LogP contribution in [0, 0.1) is 0 Å². The maximum absolute atomic E-state index is 3.93. The summed E-state index contributed by atoms with van der Waals surface area (Å²) in [6.45, 7) is 3.96. The van der Waals surface area contributed by atoms with Gasteiger partial charge in [-0.15, -0.1) is 0 Å². The summed E-state index contributed by atoms with van der Waals surface area (Å²) in [7, 11) is 0. The summed E-state index contributed by atoms with van der Waals surface area (Å²) >= 11 is -3.93. The van der Waals surface area contributed by atoms with E-state index in [0.717, 1.165) is 0 Å². The molecule has 0 amide bonds. The van der Waals surface area contributed by atoms with Crippen LogP contribution in [-0.2, 0) is 14.6 Å². The molecule has 4 aromatic rings. The number of benzene rings is 4. The summed E-state index contributed by atoms with van der Waals surface area (Å²) in [6.07, 6.45) is 10.0. The molecule has 0 radical (unpaired) electrons. The Balaban J connectivity index is 1.84. The number of fused-ring (bicyclic) bond motifs is 2. The molecule has 2 aliphatic carbocycles. The molecule has 0 nitrogen and oxygen atoms in total. The predicted octanol–water partition coefficient (Wildman–Crippen LogP) is 6.85. The van der Waals surface area contributed by atoms with Gasteiger partial charge in [-0.3, -0.25) is 0 Å². The fraction of sp³-hybridized carbons (Fsp3) is 0.125. The van der Waals surface area contributed by atoms with Crippen molar-refractivity contribution in [3.8, 4) is 0 Å². The van der Waals surface area contributed by atoms with Gasteiger partial charge in [0.2, 0.25) is 0 Å². The molecule has 0 aromatic heterocycles. The average Bonchev–Trinajstić information content (AvgIpc) is 3.52. The van der Waals surface area contributed by atoms with E-state index in [0.29, 0.717) is 8.45 Å². The molecule has 2 unspecified atom stereocenters. The van der Waals surface area contributed by atoms with Crippen LogP contribution in [0.4, 0.5) is 0 Å². The molecule has 167 valence electrons. The van der Waals surface area contributed by atoms with Crippen molar-refractivity contribution in [2.24, 2.45) is 0 Å². The summed E-state index contributed by atoms with van der Waals surface area (Å²) in [5.74, 6) is 0. The van der Waals surface area contributed by atoms with Gasteiger partial charge in [0.25, 0.3) is 0 Å². The second-order valence-corrected chi connectivity index (χ2v) is 31.6. The van der Waals surface area contributed by atoms with E-state index in [1.807, 2.05) is 0 Å². The van der Waals surface area contributed by atoms with Crippen LogP contribution < -0.4 is 7.74 Å².